The first-order valence-electron chi connectivity index (χ1n) is 8.97. The van der Waals surface area contributed by atoms with Gasteiger partial charge in [-0.25, -0.2) is 0 Å². The van der Waals surface area contributed by atoms with Crippen molar-refractivity contribution in [2.75, 3.05) is 23.8 Å². The van der Waals surface area contributed by atoms with Gasteiger partial charge in [-0.05, 0) is 42.8 Å². The minimum absolute atomic E-state index is 0.176. The second kappa shape index (κ2) is 9.74. The summed E-state index contributed by atoms with van der Waals surface area (Å²) in [7, 11) is 0. The zero-order chi connectivity index (χ0) is 20.6. The summed E-state index contributed by atoms with van der Waals surface area (Å²) in [5.74, 6) is 0.951. The van der Waals surface area contributed by atoms with Gasteiger partial charge < -0.3 is 20.1 Å². The van der Waals surface area contributed by atoms with Crippen LogP contribution in [0.2, 0.25) is 5.02 Å². The number of tetrazole rings is 1. The van der Waals surface area contributed by atoms with Gasteiger partial charge in [-0.3, -0.25) is 4.79 Å². The first-order chi connectivity index (χ1) is 14.0. The van der Waals surface area contributed by atoms with Crippen molar-refractivity contribution in [2.24, 2.45) is 0 Å². The number of nitrogens with zero attached hydrogens (tertiary/aromatic N) is 3. The molecule has 2 aromatic carbocycles. The summed E-state index contributed by atoms with van der Waals surface area (Å²) in [6, 6.07) is 10.9. The van der Waals surface area contributed by atoms with Crippen LogP contribution in [0, 0.1) is 6.92 Å². The van der Waals surface area contributed by atoms with Gasteiger partial charge in [-0.15, -0.1) is 5.10 Å². The quantitative estimate of drug-likeness (QED) is 0.490. The highest BCUT2D eigenvalue weighted by atomic mass is 35.5. The maximum absolute atomic E-state index is 12.2. The van der Waals surface area contributed by atoms with Gasteiger partial charge in [0, 0.05) is 23.3 Å². The number of rotatable bonds is 9. The van der Waals surface area contributed by atoms with Crippen molar-refractivity contribution in [2.45, 2.75) is 20.4 Å². The molecular formula is C19H21ClN6O3. The molecule has 3 rings (SSSR count). The van der Waals surface area contributed by atoms with Crippen LogP contribution in [0.25, 0.3) is 0 Å². The highest BCUT2D eigenvalue weighted by Gasteiger charge is 2.13. The zero-order valence-electron chi connectivity index (χ0n) is 16.0. The summed E-state index contributed by atoms with van der Waals surface area (Å²) in [5, 5.41) is 19.7. The first kappa shape index (κ1) is 20.4. The van der Waals surface area contributed by atoms with E-state index in [1.165, 1.54) is 0 Å². The molecule has 1 heterocycles. The Kier molecular flexibility index (Phi) is 6.85. The van der Waals surface area contributed by atoms with Crippen molar-refractivity contribution in [3.8, 4) is 11.5 Å². The first-order valence-corrected chi connectivity index (χ1v) is 9.34. The molecule has 0 fully saturated rings. The third kappa shape index (κ3) is 5.82. The zero-order valence-corrected chi connectivity index (χ0v) is 16.8. The lowest BCUT2D eigenvalue weighted by atomic mass is 10.2. The summed E-state index contributed by atoms with van der Waals surface area (Å²) in [6.07, 6.45) is 0. The molecule has 3 N–H and O–H groups in total. The van der Waals surface area contributed by atoms with Gasteiger partial charge >= 0.3 is 0 Å². The number of aromatic nitrogens is 4. The number of hydrogen-bond donors (Lipinski definition) is 3. The molecule has 1 amide bonds. The molecule has 0 unspecified atom stereocenters. The van der Waals surface area contributed by atoms with Crippen molar-refractivity contribution < 1.29 is 14.3 Å². The molecule has 1 aromatic heterocycles. The molecule has 0 radical (unpaired) electrons. The van der Waals surface area contributed by atoms with E-state index in [9.17, 15) is 4.79 Å². The summed E-state index contributed by atoms with van der Waals surface area (Å²) >= 11 is 6.36. The largest absolute Gasteiger partial charge is 0.490 e. The van der Waals surface area contributed by atoms with Crippen molar-refractivity contribution in [3.63, 3.8) is 0 Å². The third-order valence-electron chi connectivity index (χ3n) is 3.89. The Labute approximate surface area is 172 Å². The fourth-order valence-corrected chi connectivity index (χ4v) is 2.70. The van der Waals surface area contributed by atoms with Gasteiger partial charge in [0.25, 0.3) is 11.9 Å². The van der Waals surface area contributed by atoms with Crippen LogP contribution in [0.5, 0.6) is 11.5 Å². The average Bonchev–Trinajstić information content (AvgIpc) is 3.22. The Morgan fingerprint density at radius 1 is 1.17 bits per heavy atom. The maximum atomic E-state index is 12.2. The van der Waals surface area contributed by atoms with Crippen LogP contribution in [0.15, 0.2) is 36.4 Å². The molecule has 9 nitrogen and oxygen atoms in total. The monoisotopic (exact) mass is 416 g/mol. The summed E-state index contributed by atoms with van der Waals surface area (Å²) in [4.78, 5) is 12.2. The molecule has 0 saturated heterocycles. The van der Waals surface area contributed by atoms with Gasteiger partial charge in [0.2, 0.25) is 0 Å². The number of carbonyl (C=O) groups excluding carboxylic acids is 1. The lowest BCUT2D eigenvalue weighted by molar-refractivity contribution is -0.118. The van der Waals surface area contributed by atoms with E-state index < -0.39 is 0 Å². The summed E-state index contributed by atoms with van der Waals surface area (Å²) in [6.45, 7) is 4.47. The third-order valence-corrected chi connectivity index (χ3v) is 4.24. The maximum Gasteiger partial charge on any atom is 0.263 e. The number of benzene rings is 2. The van der Waals surface area contributed by atoms with E-state index in [0.717, 1.165) is 11.1 Å². The number of aryl methyl sites for hydroxylation is 1. The van der Waals surface area contributed by atoms with Gasteiger partial charge in [0.05, 0.1) is 6.61 Å². The summed E-state index contributed by atoms with van der Waals surface area (Å²) in [5.41, 5.74) is 2.58. The topological polar surface area (TPSA) is 114 Å². The number of halogens is 1. The Bertz CT molecular complexity index is 947. The Morgan fingerprint density at radius 2 is 1.93 bits per heavy atom. The van der Waals surface area contributed by atoms with Crippen LogP contribution in [0.3, 0.4) is 0 Å². The normalized spacial score (nSPS) is 10.4. The average molecular weight is 417 g/mol. The van der Waals surface area contributed by atoms with Gasteiger partial charge in [0.15, 0.2) is 18.1 Å². The number of amides is 1. The van der Waals surface area contributed by atoms with Crippen molar-refractivity contribution in [3.05, 3.63) is 52.5 Å². The molecule has 152 valence electrons. The Balaban J connectivity index is 1.64. The number of aromatic amines is 1. The second-order valence-electron chi connectivity index (χ2n) is 6.12. The van der Waals surface area contributed by atoms with Crippen molar-refractivity contribution >= 4 is 29.1 Å². The SMILES string of the molecule is CCOc1cc(CNc2nn[nH]n2)c(Cl)cc1OCC(=O)Nc1ccc(C)cc1. The molecule has 0 bridgehead atoms. The Morgan fingerprint density at radius 3 is 2.62 bits per heavy atom. The number of hydrogen-bond acceptors (Lipinski definition) is 7. The molecule has 10 heteroatoms. The van der Waals surface area contributed by atoms with Crippen LogP contribution >= 0.6 is 11.6 Å². The van der Waals surface area contributed by atoms with Crippen LogP contribution < -0.4 is 20.1 Å². The molecule has 0 saturated carbocycles. The molecule has 0 aliphatic rings. The van der Waals surface area contributed by atoms with E-state index in [1.54, 1.807) is 12.1 Å². The molecule has 29 heavy (non-hydrogen) atoms. The van der Waals surface area contributed by atoms with Crippen LogP contribution in [0.1, 0.15) is 18.1 Å². The lowest BCUT2D eigenvalue weighted by Gasteiger charge is -2.15. The number of nitrogens with one attached hydrogen (secondary N) is 3. The van der Waals surface area contributed by atoms with Gasteiger partial charge in [0.1, 0.15) is 0 Å². The van der Waals surface area contributed by atoms with Gasteiger partial charge in [-0.1, -0.05) is 34.4 Å². The van der Waals surface area contributed by atoms with Gasteiger partial charge in [-0.2, -0.15) is 5.21 Å². The standard InChI is InChI=1S/C19H21ClN6O3/c1-3-28-16-8-13(10-21-19-23-25-26-24-19)15(20)9-17(16)29-11-18(27)22-14-6-4-12(2)5-7-14/h4-9H,3,10-11H2,1-2H3,(H,22,27)(H2,21,23,24,25,26). The number of carbonyl (C=O) groups is 1. The van der Waals surface area contributed by atoms with Crippen molar-refractivity contribution in [1.82, 2.24) is 20.6 Å². The van der Waals surface area contributed by atoms with E-state index in [4.69, 9.17) is 21.1 Å². The predicted molar refractivity (Wildman–Crippen MR) is 109 cm³/mol. The number of anilines is 2. The van der Waals surface area contributed by atoms with Crippen LogP contribution in [0.4, 0.5) is 11.6 Å². The van der Waals surface area contributed by atoms with E-state index in [-0.39, 0.29) is 12.5 Å². The highest BCUT2D eigenvalue weighted by molar-refractivity contribution is 6.31. The molecule has 0 aliphatic heterocycles. The summed E-state index contributed by atoms with van der Waals surface area (Å²) < 4.78 is 11.3. The van der Waals surface area contributed by atoms with Crippen LogP contribution in [-0.4, -0.2) is 39.7 Å². The molecular weight excluding hydrogens is 396 g/mol. The minimum Gasteiger partial charge on any atom is -0.490 e. The van der Waals surface area contributed by atoms with E-state index in [0.29, 0.717) is 41.3 Å². The Hall–Kier alpha value is -3.33. The van der Waals surface area contributed by atoms with E-state index in [2.05, 4.69) is 31.3 Å². The molecule has 0 spiro atoms. The fourth-order valence-electron chi connectivity index (χ4n) is 2.48. The molecule has 0 aliphatic carbocycles. The number of H-pyrrole nitrogens is 1. The van der Waals surface area contributed by atoms with E-state index >= 15 is 0 Å². The molecule has 0 atom stereocenters. The highest BCUT2D eigenvalue weighted by Crippen LogP contribution is 2.34. The van der Waals surface area contributed by atoms with Crippen molar-refractivity contribution in [1.29, 1.82) is 0 Å². The molecule has 3 aromatic rings. The minimum atomic E-state index is -0.282. The van der Waals surface area contributed by atoms with Crippen LogP contribution in [-0.2, 0) is 11.3 Å². The van der Waals surface area contributed by atoms with E-state index in [1.807, 2.05) is 38.1 Å². The lowest BCUT2D eigenvalue weighted by Crippen LogP contribution is -2.20. The second-order valence-corrected chi connectivity index (χ2v) is 6.52. The predicted octanol–water partition coefficient (Wildman–Crippen LogP) is 3.19. The fraction of sp³-hybridized carbons (Fsp3) is 0.263. The number of ether oxygens (including phenoxy) is 2. The smallest absolute Gasteiger partial charge is 0.263 e.